The summed E-state index contributed by atoms with van der Waals surface area (Å²) in [4.78, 5) is 18.3. The molecule has 3 aromatic carbocycles. The van der Waals surface area contributed by atoms with Crippen molar-refractivity contribution in [2.24, 2.45) is 0 Å². The number of rotatable bonds is 7. The number of carbonyl (C=O) groups excluding carboxylic acids is 1. The number of aliphatic hydroxyl groups is 1. The van der Waals surface area contributed by atoms with Crippen LogP contribution in [-0.4, -0.2) is 43.5 Å². The van der Waals surface area contributed by atoms with E-state index in [2.05, 4.69) is 10.3 Å². The van der Waals surface area contributed by atoms with Crippen molar-refractivity contribution in [1.82, 2.24) is 14.9 Å². The Hall–Kier alpha value is -2.52. The molecule has 0 bridgehead atoms. The average Bonchev–Trinajstić information content (AvgIpc) is 3.28. The monoisotopic (exact) mass is 575 g/mol. The average molecular weight is 577 g/mol. The topological polar surface area (TPSA) is 90.2 Å². The molecule has 0 aliphatic carbocycles. The van der Waals surface area contributed by atoms with Gasteiger partial charge in [0.1, 0.15) is 17.8 Å². The second-order valence-electron chi connectivity index (χ2n) is 9.06. The van der Waals surface area contributed by atoms with Crippen LogP contribution in [0.4, 0.5) is 0 Å². The number of amides is 1. The highest BCUT2D eigenvalue weighted by Crippen LogP contribution is 2.37. The number of nitrogens with zero attached hydrogens (tertiary/aromatic N) is 2. The van der Waals surface area contributed by atoms with E-state index < -0.39 is 22.6 Å². The molecular weight excluding hydrogens is 553 g/mol. The van der Waals surface area contributed by atoms with Crippen molar-refractivity contribution in [1.29, 1.82) is 0 Å². The van der Waals surface area contributed by atoms with Crippen LogP contribution in [0.15, 0.2) is 71.8 Å². The van der Waals surface area contributed by atoms with Crippen LogP contribution >= 0.6 is 34.8 Å². The molecule has 0 aliphatic heterocycles. The zero-order valence-corrected chi connectivity index (χ0v) is 23.3. The van der Waals surface area contributed by atoms with Crippen LogP contribution in [0.1, 0.15) is 24.3 Å². The fraction of sp³-hybridized carbons (Fsp3) is 0.185. The molecule has 0 fully saturated rings. The number of hydrogen-bond acceptors (Lipinski definition) is 4. The van der Waals surface area contributed by atoms with Gasteiger partial charge in [-0.3, -0.25) is 9.36 Å². The van der Waals surface area contributed by atoms with Gasteiger partial charge in [0.2, 0.25) is 0 Å². The Morgan fingerprint density at radius 1 is 1.03 bits per heavy atom. The van der Waals surface area contributed by atoms with Crippen LogP contribution in [-0.2, 0) is 11.2 Å². The maximum absolute atomic E-state index is 13.0. The Bertz CT molecular complexity index is 1450. The summed E-state index contributed by atoms with van der Waals surface area (Å²) in [5.74, 6) is -0.139. The lowest BCUT2D eigenvalue weighted by Gasteiger charge is -2.22. The van der Waals surface area contributed by atoms with Crippen molar-refractivity contribution in [3.8, 4) is 28.2 Å². The predicted octanol–water partition coefficient (Wildman–Crippen LogP) is 6.40. The first-order valence-corrected chi connectivity index (χ1v) is 13.9. The number of hydrogen-bond donors (Lipinski definition) is 2. The minimum atomic E-state index is -1.12. The van der Waals surface area contributed by atoms with Gasteiger partial charge in [-0.25, -0.2) is 4.98 Å². The lowest BCUT2D eigenvalue weighted by molar-refractivity contribution is 0.0864. The highest BCUT2D eigenvalue weighted by atomic mass is 35.5. The first kappa shape index (κ1) is 27.5. The van der Waals surface area contributed by atoms with Gasteiger partial charge in [-0.2, -0.15) is 0 Å². The second kappa shape index (κ2) is 11.1. The molecule has 0 radical (unpaired) electrons. The summed E-state index contributed by atoms with van der Waals surface area (Å²) in [5, 5.41) is 13.5. The third-order valence-electron chi connectivity index (χ3n) is 5.68. The van der Waals surface area contributed by atoms with Crippen LogP contribution in [0, 0.1) is 0 Å². The van der Waals surface area contributed by atoms with E-state index in [-0.39, 0.29) is 12.3 Å². The van der Waals surface area contributed by atoms with Crippen molar-refractivity contribution >= 4 is 51.9 Å². The Kier molecular flexibility index (Phi) is 8.23. The lowest BCUT2D eigenvalue weighted by Crippen LogP contribution is -2.46. The molecule has 1 aromatic heterocycles. The molecule has 6 nitrogen and oxygen atoms in total. The second-order valence-corrected chi connectivity index (χ2v) is 11.7. The van der Waals surface area contributed by atoms with Gasteiger partial charge >= 0.3 is 0 Å². The molecule has 1 unspecified atom stereocenters. The SMILES string of the molecule is C[S+]([O-])c1cccc(-c2ccc(-n3cc(C(=O)NC(C)(C)CO)nc3-c3c(Cl)cccc3Cl)c(Cl)c2)c1. The van der Waals surface area contributed by atoms with Gasteiger partial charge in [0, 0.05) is 12.3 Å². The number of aromatic nitrogens is 2. The lowest BCUT2D eigenvalue weighted by atomic mass is 10.1. The van der Waals surface area contributed by atoms with Gasteiger partial charge < -0.3 is 15.0 Å². The molecule has 1 atom stereocenters. The van der Waals surface area contributed by atoms with E-state index in [1.807, 2.05) is 36.4 Å². The Morgan fingerprint density at radius 3 is 2.30 bits per heavy atom. The van der Waals surface area contributed by atoms with Crippen molar-refractivity contribution in [2.75, 3.05) is 12.9 Å². The summed E-state index contributed by atoms with van der Waals surface area (Å²) in [6.45, 7) is 3.15. The van der Waals surface area contributed by atoms with E-state index in [9.17, 15) is 14.5 Å². The van der Waals surface area contributed by atoms with Crippen molar-refractivity contribution in [3.05, 3.63) is 87.6 Å². The zero-order valence-electron chi connectivity index (χ0n) is 20.3. The molecular formula is C27H24Cl3N3O3S. The molecule has 2 N–H and O–H groups in total. The van der Waals surface area contributed by atoms with Crippen LogP contribution in [0.25, 0.3) is 28.2 Å². The van der Waals surface area contributed by atoms with E-state index in [1.165, 1.54) is 0 Å². The Balaban J connectivity index is 1.84. The Labute approximate surface area is 233 Å². The first-order chi connectivity index (χ1) is 17.5. The van der Waals surface area contributed by atoms with E-state index in [0.717, 1.165) is 11.1 Å². The van der Waals surface area contributed by atoms with Crippen molar-refractivity contribution < 1.29 is 14.5 Å². The molecule has 1 heterocycles. The van der Waals surface area contributed by atoms with E-state index >= 15 is 0 Å². The molecule has 4 rings (SSSR count). The summed E-state index contributed by atoms with van der Waals surface area (Å²) in [7, 11) is 0. The minimum absolute atomic E-state index is 0.103. The first-order valence-electron chi connectivity index (χ1n) is 11.2. The van der Waals surface area contributed by atoms with Crippen LogP contribution in [0.3, 0.4) is 0 Å². The standard InChI is InChI=1S/C27H24Cl3N3O3S/c1-27(2,15-34)32-26(35)22-14-33(25(31-22)24-19(28)8-5-9-20(24)29)23-11-10-17(13-21(23)30)16-6-4-7-18(12-16)37(3)36/h4-14,34H,15H2,1-3H3,(H,32,35). The van der Waals surface area contributed by atoms with E-state index in [4.69, 9.17) is 34.8 Å². The van der Waals surface area contributed by atoms with Crippen LogP contribution in [0.5, 0.6) is 0 Å². The van der Waals surface area contributed by atoms with Crippen molar-refractivity contribution in [2.45, 2.75) is 24.3 Å². The normalized spacial score (nSPS) is 12.4. The molecule has 192 valence electrons. The highest BCUT2D eigenvalue weighted by molar-refractivity contribution is 7.90. The fourth-order valence-corrected chi connectivity index (χ4v) is 5.11. The van der Waals surface area contributed by atoms with E-state index in [1.54, 1.807) is 55.1 Å². The Morgan fingerprint density at radius 2 is 1.68 bits per heavy atom. The van der Waals surface area contributed by atoms with Crippen LogP contribution < -0.4 is 5.32 Å². The van der Waals surface area contributed by atoms with Crippen molar-refractivity contribution in [3.63, 3.8) is 0 Å². The third-order valence-corrected chi connectivity index (χ3v) is 7.53. The van der Waals surface area contributed by atoms with Gasteiger partial charge in [0.15, 0.2) is 4.90 Å². The summed E-state index contributed by atoms with van der Waals surface area (Å²) >= 11 is 18.6. The van der Waals surface area contributed by atoms with E-state index in [0.29, 0.717) is 37.0 Å². The highest BCUT2D eigenvalue weighted by Gasteiger charge is 2.25. The smallest absolute Gasteiger partial charge is 0.271 e. The number of nitrogens with one attached hydrogen (secondary N) is 1. The molecule has 10 heteroatoms. The largest absolute Gasteiger partial charge is 0.612 e. The van der Waals surface area contributed by atoms with Gasteiger partial charge in [-0.1, -0.05) is 59.1 Å². The van der Waals surface area contributed by atoms with Gasteiger partial charge in [-0.05, 0) is 66.5 Å². The number of imidazole rings is 1. The maximum Gasteiger partial charge on any atom is 0.271 e. The number of carbonyl (C=O) groups is 1. The summed E-state index contributed by atoms with van der Waals surface area (Å²) in [5.41, 5.74) is 1.96. The summed E-state index contributed by atoms with van der Waals surface area (Å²) in [6, 6.07) is 18.0. The predicted molar refractivity (Wildman–Crippen MR) is 150 cm³/mol. The molecule has 0 saturated carbocycles. The maximum atomic E-state index is 13.0. The quantitative estimate of drug-likeness (QED) is 0.249. The number of benzene rings is 3. The molecule has 0 aliphatic rings. The molecule has 1 amide bonds. The van der Waals surface area contributed by atoms with Gasteiger partial charge in [0.05, 0.1) is 38.5 Å². The molecule has 0 spiro atoms. The number of halogens is 3. The van der Waals surface area contributed by atoms with Crippen LogP contribution in [0.2, 0.25) is 15.1 Å². The molecule has 4 aromatic rings. The van der Waals surface area contributed by atoms with Gasteiger partial charge in [0.25, 0.3) is 5.91 Å². The molecule has 37 heavy (non-hydrogen) atoms. The molecule has 0 saturated heterocycles. The summed E-state index contributed by atoms with van der Waals surface area (Å²) in [6.07, 6.45) is 3.19. The van der Waals surface area contributed by atoms with Gasteiger partial charge in [-0.15, -0.1) is 0 Å². The number of aliphatic hydroxyl groups excluding tert-OH is 1. The fourth-order valence-electron chi connectivity index (χ4n) is 3.71. The third kappa shape index (κ3) is 5.98. The summed E-state index contributed by atoms with van der Waals surface area (Å²) < 4.78 is 13.6. The zero-order chi connectivity index (χ0) is 26.9. The minimum Gasteiger partial charge on any atom is -0.612 e.